The number of hydrogen-bond donors (Lipinski definition) is 2. The van der Waals surface area contributed by atoms with Crippen molar-refractivity contribution in [1.82, 2.24) is 4.57 Å². The first-order valence-corrected chi connectivity index (χ1v) is 6.71. The number of pyridine rings is 1. The van der Waals surface area contributed by atoms with Gasteiger partial charge in [-0.15, -0.1) is 0 Å². The highest BCUT2D eigenvalue weighted by molar-refractivity contribution is 5.86. The van der Waals surface area contributed by atoms with Crippen molar-refractivity contribution in [3.8, 4) is 5.75 Å². The van der Waals surface area contributed by atoms with E-state index in [1.54, 1.807) is 0 Å². The minimum atomic E-state index is -1.18. The van der Waals surface area contributed by atoms with Crippen LogP contribution >= 0.6 is 0 Å². The van der Waals surface area contributed by atoms with Crippen molar-refractivity contribution in [3.05, 3.63) is 28.2 Å². The van der Waals surface area contributed by atoms with Crippen molar-refractivity contribution in [2.24, 2.45) is 5.92 Å². The molecule has 0 aromatic carbocycles. The highest BCUT2D eigenvalue weighted by Gasteiger charge is 2.25. The molecule has 0 atom stereocenters. The van der Waals surface area contributed by atoms with E-state index in [-0.39, 0.29) is 17.5 Å². The molecule has 0 aliphatic heterocycles. The first-order valence-electron chi connectivity index (χ1n) is 6.71. The first kappa shape index (κ1) is 13.6. The van der Waals surface area contributed by atoms with Crippen LogP contribution in [0, 0.1) is 5.92 Å². The van der Waals surface area contributed by atoms with Crippen LogP contribution < -0.4 is 5.56 Å². The summed E-state index contributed by atoms with van der Waals surface area (Å²) >= 11 is 0. The molecule has 1 aromatic heterocycles. The summed E-state index contributed by atoms with van der Waals surface area (Å²) in [6, 6.07) is 2.16. The average Bonchev–Trinajstić information content (AvgIpc) is 2.38. The SMILES string of the molecule is CCC1CCC(n2c(C(=O)O)cc(O)cc2=O)CC1. The third-order valence-corrected chi connectivity index (χ3v) is 4.03. The van der Waals surface area contributed by atoms with Crippen LogP contribution in [0.25, 0.3) is 0 Å². The lowest BCUT2D eigenvalue weighted by Crippen LogP contribution is -2.31. The Bertz CT molecular complexity index is 527. The number of hydrogen-bond acceptors (Lipinski definition) is 3. The van der Waals surface area contributed by atoms with E-state index in [4.69, 9.17) is 0 Å². The smallest absolute Gasteiger partial charge is 0.352 e. The van der Waals surface area contributed by atoms with Gasteiger partial charge in [0.25, 0.3) is 5.56 Å². The number of carbonyl (C=O) groups is 1. The van der Waals surface area contributed by atoms with Gasteiger partial charge in [0.2, 0.25) is 0 Å². The second kappa shape index (κ2) is 5.47. The van der Waals surface area contributed by atoms with Gasteiger partial charge in [-0.05, 0) is 31.6 Å². The Kier molecular flexibility index (Phi) is 3.93. The van der Waals surface area contributed by atoms with Crippen molar-refractivity contribution in [1.29, 1.82) is 0 Å². The topological polar surface area (TPSA) is 79.5 Å². The monoisotopic (exact) mass is 265 g/mol. The Hall–Kier alpha value is -1.78. The van der Waals surface area contributed by atoms with Gasteiger partial charge in [0.1, 0.15) is 11.4 Å². The van der Waals surface area contributed by atoms with Crippen LogP contribution in [0.4, 0.5) is 0 Å². The van der Waals surface area contributed by atoms with Crippen LogP contribution in [0.15, 0.2) is 16.9 Å². The second-order valence-corrected chi connectivity index (χ2v) is 5.19. The molecule has 1 aliphatic rings. The Morgan fingerprint density at radius 2 is 1.95 bits per heavy atom. The lowest BCUT2D eigenvalue weighted by molar-refractivity contribution is 0.0676. The van der Waals surface area contributed by atoms with Crippen LogP contribution in [0.5, 0.6) is 5.75 Å². The maximum Gasteiger partial charge on any atom is 0.352 e. The van der Waals surface area contributed by atoms with E-state index in [0.717, 1.165) is 44.2 Å². The molecule has 5 heteroatoms. The molecule has 0 unspecified atom stereocenters. The van der Waals surface area contributed by atoms with Crippen molar-refractivity contribution < 1.29 is 15.0 Å². The predicted molar refractivity (Wildman–Crippen MR) is 70.6 cm³/mol. The van der Waals surface area contributed by atoms with Crippen molar-refractivity contribution in [2.75, 3.05) is 0 Å². The Balaban J connectivity index is 2.34. The number of aromatic hydroxyl groups is 1. The Morgan fingerprint density at radius 3 is 2.47 bits per heavy atom. The molecule has 104 valence electrons. The van der Waals surface area contributed by atoms with Crippen LogP contribution in [-0.4, -0.2) is 20.7 Å². The van der Waals surface area contributed by atoms with Crippen molar-refractivity contribution in [2.45, 2.75) is 45.1 Å². The molecule has 1 aromatic rings. The summed E-state index contributed by atoms with van der Waals surface area (Å²) < 4.78 is 1.33. The number of nitrogens with zero attached hydrogens (tertiary/aromatic N) is 1. The molecular weight excluding hydrogens is 246 g/mol. The fourth-order valence-corrected chi connectivity index (χ4v) is 2.92. The Morgan fingerprint density at radius 1 is 1.32 bits per heavy atom. The van der Waals surface area contributed by atoms with E-state index >= 15 is 0 Å². The van der Waals surface area contributed by atoms with Crippen molar-refractivity contribution in [3.63, 3.8) is 0 Å². The molecule has 2 rings (SSSR count). The van der Waals surface area contributed by atoms with Gasteiger partial charge in [-0.2, -0.15) is 0 Å². The molecule has 1 fully saturated rings. The van der Waals surface area contributed by atoms with E-state index in [1.165, 1.54) is 4.57 Å². The molecule has 2 N–H and O–H groups in total. The van der Waals surface area contributed by atoms with E-state index < -0.39 is 11.5 Å². The van der Waals surface area contributed by atoms with Gasteiger partial charge in [-0.1, -0.05) is 13.3 Å². The van der Waals surface area contributed by atoms with Crippen LogP contribution in [0.1, 0.15) is 55.6 Å². The number of carboxylic acids is 1. The minimum Gasteiger partial charge on any atom is -0.508 e. The van der Waals surface area contributed by atoms with Crippen LogP contribution in [0.3, 0.4) is 0 Å². The summed E-state index contributed by atoms with van der Waals surface area (Å²) in [5.74, 6) is -0.788. The quantitative estimate of drug-likeness (QED) is 0.879. The lowest BCUT2D eigenvalue weighted by atomic mass is 9.84. The number of aromatic nitrogens is 1. The summed E-state index contributed by atoms with van der Waals surface area (Å²) in [7, 11) is 0. The minimum absolute atomic E-state index is 0.0676. The van der Waals surface area contributed by atoms with Crippen LogP contribution in [-0.2, 0) is 0 Å². The molecule has 1 aliphatic carbocycles. The molecule has 0 spiro atoms. The zero-order valence-corrected chi connectivity index (χ0v) is 11.0. The molecule has 1 heterocycles. The zero-order valence-electron chi connectivity index (χ0n) is 11.0. The highest BCUT2D eigenvalue weighted by Crippen LogP contribution is 2.33. The maximum atomic E-state index is 12.0. The average molecular weight is 265 g/mol. The van der Waals surface area contributed by atoms with Gasteiger partial charge >= 0.3 is 5.97 Å². The molecule has 0 amide bonds. The molecule has 19 heavy (non-hydrogen) atoms. The van der Waals surface area contributed by atoms with E-state index in [0.29, 0.717) is 5.92 Å². The fourth-order valence-electron chi connectivity index (χ4n) is 2.92. The molecule has 5 nitrogen and oxygen atoms in total. The third kappa shape index (κ3) is 2.80. The lowest BCUT2D eigenvalue weighted by Gasteiger charge is -2.30. The van der Waals surface area contributed by atoms with E-state index in [2.05, 4.69) is 6.92 Å². The summed E-state index contributed by atoms with van der Waals surface area (Å²) in [4.78, 5) is 23.2. The fraction of sp³-hybridized carbons (Fsp3) is 0.571. The Labute approximate surface area is 111 Å². The van der Waals surface area contributed by atoms with E-state index in [1.807, 2.05) is 0 Å². The van der Waals surface area contributed by atoms with Crippen molar-refractivity contribution >= 4 is 5.97 Å². The standard InChI is InChI=1S/C14H19NO4/c1-2-9-3-5-10(6-4-9)15-12(14(18)19)7-11(16)8-13(15)17/h7-10,16H,2-6H2,1H3,(H,18,19). The summed E-state index contributed by atoms with van der Waals surface area (Å²) in [6.45, 7) is 2.15. The van der Waals surface area contributed by atoms with Gasteiger partial charge in [0.05, 0.1) is 0 Å². The number of carboxylic acid groups (broad SMARTS) is 1. The van der Waals surface area contributed by atoms with Crippen LogP contribution in [0.2, 0.25) is 0 Å². The molecule has 0 radical (unpaired) electrons. The molecular formula is C14H19NO4. The zero-order chi connectivity index (χ0) is 14.0. The van der Waals surface area contributed by atoms with E-state index in [9.17, 15) is 19.8 Å². The maximum absolute atomic E-state index is 12.0. The molecule has 0 saturated heterocycles. The summed E-state index contributed by atoms with van der Waals surface area (Å²) in [5, 5.41) is 18.5. The van der Waals surface area contributed by atoms with Gasteiger partial charge in [-0.3, -0.25) is 9.36 Å². The van der Waals surface area contributed by atoms with Gasteiger partial charge in [-0.25, -0.2) is 4.79 Å². The highest BCUT2D eigenvalue weighted by atomic mass is 16.4. The predicted octanol–water partition coefficient (Wildman–Crippen LogP) is 2.39. The van der Waals surface area contributed by atoms with Gasteiger partial charge in [0.15, 0.2) is 0 Å². The number of rotatable bonds is 3. The van der Waals surface area contributed by atoms with Gasteiger partial charge < -0.3 is 10.2 Å². The third-order valence-electron chi connectivity index (χ3n) is 4.03. The molecule has 0 bridgehead atoms. The summed E-state index contributed by atoms with van der Waals surface area (Å²) in [5.41, 5.74) is -0.553. The first-order chi connectivity index (χ1) is 9.02. The van der Waals surface area contributed by atoms with Gasteiger partial charge in [0, 0.05) is 18.2 Å². The second-order valence-electron chi connectivity index (χ2n) is 5.19. The molecule has 1 saturated carbocycles. The number of aromatic carboxylic acids is 1. The normalized spacial score (nSPS) is 23.2. The summed E-state index contributed by atoms with van der Waals surface area (Å²) in [6.07, 6.45) is 4.82. The largest absolute Gasteiger partial charge is 0.508 e.